The number of nitrogens with one attached hydrogen (secondary N) is 1. The summed E-state index contributed by atoms with van der Waals surface area (Å²) in [7, 11) is 3.10. The Labute approximate surface area is 241 Å². The Kier molecular flexibility index (Phi) is 9.96. The number of carbonyl (C=O) groups is 3. The van der Waals surface area contributed by atoms with E-state index in [0.29, 0.717) is 34.3 Å². The molecule has 1 heterocycles. The van der Waals surface area contributed by atoms with Crippen LogP contribution in [-0.2, 0) is 20.7 Å². The minimum atomic E-state index is -0.746. The number of para-hydroxylation sites is 1. The lowest BCUT2D eigenvalue weighted by molar-refractivity contribution is -0.128. The van der Waals surface area contributed by atoms with Gasteiger partial charge in [0.25, 0.3) is 0 Å². The Morgan fingerprint density at radius 3 is 2.44 bits per heavy atom. The third-order valence-corrected chi connectivity index (χ3v) is 7.39. The number of amides is 2. The number of methoxy groups -OCH3 is 2. The monoisotopic (exact) mass is 579 g/mol. The second-order valence-electron chi connectivity index (χ2n) is 8.93. The zero-order valence-electron chi connectivity index (χ0n) is 22.9. The highest BCUT2D eigenvalue weighted by Crippen LogP contribution is 2.33. The van der Waals surface area contributed by atoms with E-state index in [0.717, 1.165) is 17.3 Å². The van der Waals surface area contributed by atoms with Crippen LogP contribution in [0.15, 0.2) is 71.7 Å². The van der Waals surface area contributed by atoms with Gasteiger partial charge in [-0.25, -0.2) is 14.2 Å². The smallest absolute Gasteiger partial charge is 0.338 e. The molecule has 0 aliphatic carbocycles. The minimum absolute atomic E-state index is 0.103. The van der Waals surface area contributed by atoms with E-state index in [9.17, 15) is 18.8 Å². The molecule has 0 spiro atoms. The van der Waals surface area contributed by atoms with Crippen LogP contribution in [0.4, 0.5) is 15.8 Å². The first-order chi connectivity index (χ1) is 19.8. The number of halogens is 1. The van der Waals surface area contributed by atoms with Crippen LogP contribution in [0, 0.1) is 5.82 Å². The summed E-state index contributed by atoms with van der Waals surface area (Å²) in [5, 5.41) is 2.33. The summed E-state index contributed by atoms with van der Waals surface area (Å²) in [4.78, 5) is 44.1. The molecule has 0 aromatic heterocycles. The first-order valence-electron chi connectivity index (χ1n) is 12.9. The summed E-state index contributed by atoms with van der Waals surface area (Å²) in [5.74, 6) is -0.483. The molecule has 41 heavy (non-hydrogen) atoms. The molecule has 0 saturated carbocycles. The SMILES string of the molecule is CCOC(=O)c1ccc(NC(=O)C[C@@H]2SC(=Nc3ccccc3F)N(CCc3ccc(OC)c(OC)c3)C2=O)cc1. The fourth-order valence-electron chi connectivity index (χ4n) is 4.14. The lowest BCUT2D eigenvalue weighted by atomic mass is 10.1. The number of aliphatic imine (C=N–C) groups is 1. The van der Waals surface area contributed by atoms with Gasteiger partial charge in [0.1, 0.15) is 16.8 Å². The van der Waals surface area contributed by atoms with Crippen molar-refractivity contribution < 1.29 is 33.0 Å². The molecule has 4 rings (SSSR count). The van der Waals surface area contributed by atoms with Crippen molar-refractivity contribution >= 4 is 46.1 Å². The van der Waals surface area contributed by atoms with Crippen molar-refractivity contribution in [2.45, 2.75) is 25.0 Å². The van der Waals surface area contributed by atoms with Gasteiger partial charge in [-0.2, -0.15) is 0 Å². The van der Waals surface area contributed by atoms with E-state index in [1.807, 2.05) is 12.1 Å². The van der Waals surface area contributed by atoms with Gasteiger partial charge in [-0.05, 0) is 67.4 Å². The lowest BCUT2D eigenvalue weighted by Gasteiger charge is -2.17. The molecular formula is C30H30FN3O6S. The van der Waals surface area contributed by atoms with Gasteiger partial charge < -0.3 is 19.5 Å². The number of carbonyl (C=O) groups excluding carboxylic acids is 3. The Hall–Kier alpha value is -4.38. The topological polar surface area (TPSA) is 107 Å². The van der Waals surface area contributed by atoms with Gasteiger partial charge in [0.2, 0.25) is 11.8 Å². The summed E-state index contributed by atoms with van der Waals surface area (Å²) < 4.78 is 30.1. The van der Waals surface area contributed by atoms with E-state index in [1.165, 1.54) is 17.0 Å². The molecule has 0 unspecified atom stereocenters. The molecule has 2 amide bonds. The van der Waals surface area contributed by atoms with E-state index in [1.54, 1.807) is 63.6 Å². The second kappa shape index (κ2) is 13.8. The van der Waals surface area contributed by atoms with Gasteiger partial charge in [-0.3, -0.25) is 14.5 Å². The van der Waals surface area contributed by atoms with E-state index in [-0.39, 0.29) is 37.1 Å². The molecule has 0 radical (unpaired) electrons. The number of esters is 1. The molecule has 1 aliphatic heterocycles. The second-order valence-corrected chi connectivity index (χ2v) is 10.1. The van der Waals surface area contributed by atoms with Gasteiger partial charge in [0.15, 0.2) is 16.7 Å². The number of hydrogen-bond acceptors (Lipinski definition) is 8. The number of hydrogen-bond donors (Lipinski definition) is 1. The zero-order valence-corrected chi connectivity index (χ0v) is 23.7. The third-order valence-electron chi connectivity index (χ3n) is 6.21. The Morgan fingerprint density at radius 1 is 1.02 bits per heavy atom. The molecule has 0 bridgehead atoms. The summed E-state index contributed by atoms with van der Waals surface area (Å²) in [6.07, 6.45) is 0.348. The molecule has 3 aromatic rings. The standard InChI is InChI=1S/C30H30FN3O6S/c1-4-40-29(37)20-10-12-21(13-11-20)32-27(35)18-26-28(36)34(30(41-26)33-23-8-6-5-7-22(23)31)16-15-19-9-14-24(38-2)25(17-19)39-3/h5-14,17,26H,4,15-16,18H2,1-3H3,(H,32,35)/t26-/m0/s1. The van der Waals surface area contributed by atoms with Crippen LogP contribution >= 0.6 is 11.8 Å². The first kappa shape index (κ1) is 29.6. The maximum atomic E-state index is 14.4. The Balaban J connectivity index is 1.48. The highest BCUT2D eigenvalue weighted by atomic mass is 32.2. The fraction of sp³-hybridized carbons (Fsp3) is 0.267. The maximum absolute atomic E-state index is 14.4. The summed E-state index contributed by atoms with van der Waals surface area (Å²) in [6, 6.07) is 17.8. The average Bonchev–Trinajstić information content (AvgIpc) is 3.26. The predicted octanol–water partition coefficient (Wildman–Crippen LogP) is 5.22. The number of anilines is 1. The van der Waals surface area contributed by atoms with E-state index in [4.69, 9.17) is 14.2 Å². The molecule has 1 aliphatic rings. The van der Waals surface area contributed by atoms with E-state index < -0.39 is 17.0 Å². The van der Waals surface area contributed by atoms with Crippen molar-refractivity contribution in [2.24, 2.45) is 4.99 Å². The molecule has 1 fully saturated rings. The first-order valence-corrected chi connectivity index (χ1v) is 13.8. The van der Waals surface area contributed by atoms with Crippen LogP contribution in [0.2, 0.25) is 0 Å². The summed E-state index contributed by atoms with van der Waals surface area (Å²) in [6.45, 7) is 2.25. The van der Waals surface area contributed by atoms with Crippen molar-refractivity contribution in [3.05, 3.63) is 83.7 Å². The van der Waals surface area contributed by atoms with E-state index in [2.05, 4.69) is 10.3 Å². The highest BCUT2D eigenvalue weighted by Gasteiger charge is 2.39. The lowest BCUT2D eigenvalue weighted by Crippen LogP contribution is -2.35. The number of ether oxygens (including phenoxy) is 3. The van der Waals surface area contributed by atoms with Gasteiger partial charge in [-0.1, -0.05) is 30.0 Å². The number of nitrogens with zero attached hydrogens (tertiary/aromatic N) is 2. The molecule has 1 N–H and O–H groups in total. The fourth-order valence-corrected chi connectivity index (χ4v) is 5.31. The van der Waals surface area contributed by atoms with Crippen molar-refractivity contribution in [3.8, 4) is 11.5 Å². The minimum Gasteiger partial charge on any atom is -0.493 e. The van der Waals surface area contributed by atoms with Crippen molar-refractivity contribution in [3.63, 3.8) is 0 Å². The molecule has 9 nitrogen and oxygen atoms in total. The quantitative estimate of drug-likeness (QED) is 0.310. The Bertz CT molecular complexity index is 1450. The molecular weight excluding hydrogens is 549 g/mol. The maximum Gasteiger partial charge on any atom is 0.338 e. The number of benzene rings is 3. The number of thioether (sulfide) groups is 1. The number of amidine groups is 1. The summed E-state index contributed by atoms with van der Waals surface area (Å²) >= 11 is 1.12. The van der Waals surface area contributed by atoms with Gasteiger partial charge in [-0.15, -0.1) is 0 Å². The third kappa shape index (κ3) is 7.43. The Morgan fingerprint density at radius 2 is 1.76 bits per heavy atom. The molecule has 3 aromatic carbocycles. The van der Waals surface area contributed by atoms with E-state index >= 15 is 0 Å². The molecule has 1 atom stereocenters. The van der Waals surface area contributed by atoms with Crippen LogP contribution in [0.25, 0.3) is 0 Å². The largest absolute Gasteiger partial charge is 0.493 e. The van der Waals surface area contributed by atoms with Crippen LogP contribution in [0.5, 0.6) is 11.5 Å². The summed E-state index contributed by atoms with van der Waals surface area (Å²) in [5.41, 5.74) is 1.85. The van der Waals surface area contributed by atoms with Crippen molar-refractivity contribution in [2.75, 3.05) is 32.7 Å². The van der Waals surface area contributed by atoms with Crippen LogP contribution in [0.3, 0.4) is 0 Å². The van der Waals surface area contributed by atoms with Crippen LogP contribution in [0.1, 0.15) is 29.3 Å². The average molecular weight is 580 g/mol. The van der Waals surface area contributed by atoms with Gasteiger partial charge >= 0.3 is 5.97 Å². The number of rotatable bonds is 11. The zero-order chi connectivity index (χ0) is 29.4. The van der Waals surface area contributed by atoms with Crippen LogP contribution < -0.4 is 14.8 Å². The van der Waals surface area contributed by atoms with Crippen molar-refractivity contribution in [1.82, 2.24) is 4.90 Å². The van der Waals surface area contributed by atoms with Gasteiger partial charge in [0, 0.05) is 18.7 Å². The highest BCUT2D eigenvalue weighted by molar-refractivity contribution is 8.15. The molecule has 1 saturated heterocycles. The normalized spacial score (nSPS) is 15.6. The molecule has 11 heteroatoms. The molecule has 214 valence electrons. The predicted molar refractivity (Wildman–Crippen MR) is 155 cm³/mol. The van der Waals surface area contributed by atoms with Crippen molar-refractivity contribution in [1.29, 1.82) is 0 Å². The van der Waals surface area contributed by atoms with Gasteiger partial charge in [0.05, 0.1) is 26.4 Å². The van der Waals surface area contributed by atoms with Crippen LogP contribution in [-0.4, -0.2) is 60.5 Å².